The summed E-state index contributed by atoms with van der Waals surface area (Å²) in [5.74, 6) is -0.0726. The molecule has 0 aliphatic heterocycles. The van der Waals surface area contributed by atoms with Crippen molar-refractivity contribution in [2.75, 3.05) is 13.7 Å². The Labute approximate surface area is 124 Å². The van der Waals surface area contributed by atoms with Crippen molar-refractivity contribution in [3.05, 3.63) is 42.2 Å². The zero-order chi connectivity index (χ0) is 15.2. The molecule has 0 bridgehead atoms. The van der Waals surface area contributed by atoms with E-state index in [-0.39, 0.29) is 11.9 Å². The molecule has 1 heterocycles. The fraction of sp³-hybridized carbons (Fsp3) is 0.375. The van der Waals surface area contributed by atoms with Gasteiger partial charge in [0.25, 0.3) is 5.91 Å². The number of aryl methyl sites for hydroxylation is 1. The summed E-state index contributed by atoms with van der Waals surface area (Å²) in [5, 5.41) is 7.11. The quantitative estimate of drug-likeness (QED) is 0.886. The summed E-state index contributed by atoms with van der Waals surface area (Å²) in [6.45, 7) is 2.55. The van der Waals surface area contributed by atoms with Crippen molar-refractivity contribution in [1.29, 1.82) is 0 Å². The highest BCUT2D eigenvalue weighted by Gasteiger charge is 2.12. The van der Waals surface area contributed by atoms with Crippen molar-refractivity contribution in [3.8, 4) is 11.1 Å². The number of carbonyl (C=O) groups excluding carboxylic acids is 1. The molecule has 0 spiro atoms. The molecule has 21 heavy (non-hydrogen) atoms. The van der Waals surface area contributed by atoms with Crippen molar-refractivity contribution in [1.82, 2.24) is 15.1 Å². The molecule has 5 nitrogen and oxygen atoms in total. The predicted molar refractivity (Wildman–Crippen MR) is 82.1 cm³/mol. The molecule has 0 unspecified atom stereocenters. The highest BCUT2D eigenvalue weighted by atomic mass is 16.5. The summed E-state index contributed by atoms with van der Waals surface area (Å²) in [5.41, 5.74) is 2.73. The first-order valence-electron chi connectivity index (χ1n) is 7.03. The van der Waals surface area contributed by atoms with Crippen molar-refractivity contribution in [2.45, 2.75) is 19.4 Å². The average Bonchev–Trinajstić information content (AvgIpc) is 2.93. The van der Waals surface area contributed by atoms with Crippen LogP contribution < -0.4 is 5.32 Å². The number of hydrogen-bond donors (Lipinski definition) is 1. The first-order chi connectivity index (χ1) is 10.1. The van der Waals surface area contributed by atoms with Crippen LogP contribution in [-0.4, -0.2) is 35.4 Å². The van der Waals surface area contributed by atoms with Crippen LogP contribution in [0.4, 0.5) is 0 Å². The number of carbonyl (C=O) groups is 1. The van der Waals surface area contributed by atoms with Gasteiger partial charge in [0.15, 0.2) is 0 Å². The second kappa shape index (κ2) is 7.04. The number of hydrogen-bond acceptors (Lipinski definition) is 3. The molecular weight excluding hydrogens is 266 g/mol. The third kappa shape index (κ3) is 3.92. The molecule has 1 amide bonds. The van der Waals surface area contributed by atoms with Gasteiger partial charge in [-0.2, -0.15) is 5.10 Å². The van der Waals surface area contributed by atoms with Gasteiger partial charge in [-0.05, 0) is 24.1 Å². The molecule has 2 aromatic rings. The molecule has 0 fully saturated rings. The van der Waals surface area contributed by atoms with E-state index in [2.05, 4.69) is 10.4 Å². The number of amides is 1. The average molecular weight is 287 g/mol. The number of ether oxygens (including phenoxy) is 1. The maximum absolute atomic E-state index is 12.2. The van der Waals surface area contributed by atoms with Gasteiger partial charge in [-0.3, -0.25) is 9.48 Å². The number of aromatic nitrogens is 2. The van der Waals surface area contributed by atoms with Gasteiger partial charge in [0.1, 0.15) is 0 Å². The molecule has 0 aliphatic carbocycles. The van der Waals surface area contributed by atoms with E-state index in [1.165, 1.54) is 0 Å². The maximum Gasteiger partial charge on any atom is 0.251 e. The first kappa shape index (κ1) is 15.3. The van der Waals surface area contributed by atoms with E-state index in [0.29, 0.717) is 12.2 Å². The van der Waals surface area contributed by atoms with Gasteiger partial charge in [-0.25, -0.2) is 0 Å². The van der Waals surface area contributed by atoms with Gasteiger partial charge in [-0.1, -0.05) is 19.1 Å². The number of nitrogens with one attached hydrogen (secondary N) is 1. The van der Waals surface area contributed by atoms with Crippen LogP contribution in [0.1, 0.15) is 23.7 Å². The normalized spacial score (nSPS) is 12.1. The van der Waals surface area contributed by atoms with Gasteiger partial charge in [-0.15, -0.1) is 0 Å². The van der Waals surface area contributed by atoms with Gasteiger partial charge in [0.05, 0.1) is 18.8 Å². The van der Waals surface area contributed by atoms with Crippen LogP contribution in [0.3, 0.4) is 0 Å². The van der Waals surface area contributed by atoms with Gasteiger partial charge < -0.3 is 10.1 Å². The molecule has 1 aromatic carbocycles. The van der Waals surface area contributed by atoms with E-state index in [1.807, 2.05) is 44.4 Å². The second-order valence-corrected chi connectivity index (χ2v) is 5.01. The molecule has 2 rings (SSSR count). The van der Waals surface area contributed by atoms with Crippen LogP contribution in [0.2, 0.25) is 0 Å². The van der Waals surface area contributed by atoms with E-state index < -0.39 is 0 Å². The Morgan fingerprint density at radius 3 is 2.57 bits per heavy atom. The Balaban J connectivity index is 2.06. The largest absolute Gasteiger partial charge is 0.383 e. The Bertz CT molecular complexity index is 590. The summed E-state index contributed by atoms with van der Waals surface area (Å²) >= 11 is 0. The topological polar surface area (TPSA) is 56.1 Å². The van der Waals surface area contributed by atoms with Crippen molar-refractivity contribution in [2.24, 2.45) is 7.05 Å². The minimum absolute atomic E-state index is 0.0421. The zero-order valence-corrected chi connectivity index (χ0v) is 12.7. The molecule has 0 radical (unpaired) electrons. The molecule has 1 atom stereocenters. The van der Waals surface area contributed by atoms with Crippen LogP contribution in [-0.2, 0) is 11.8 Å². The van der Waals surface area contributed by atoms with E-state index in [1.54, 1.807) is 18.0 Å². The van der Waals surface area contributed by atoms with E-state index in [0.717, 1.165) is 17.5 Å². The lowest BCUT2D eigenvalue weighted by Gasteiger charge is -2.15. The first-order valence-corrected chi connectivity index (χ1v) is 7.03. The molecule has 112 valence electrons. The van der Waals surface area contributed by atoms with Crippen molar-refractivity contribution >= 4 is 5.91 Å². The molecule has 5 heteroatoms. The fourth-order valence-corrected chi connectivity index (χ4v) is 2.12. The van der Waals surface area contributed by atoms with E-state index in [4.69, 9.17) is 4.74 Å². The second-order valence-electron chi connectivity index (χ2n) is 5.01. The lowest BCUT2D eigenvalue weighted by molar-refractivity contribution is 0.0894. The Hall–Kier alpha value is -2.14. The molecule has 0 saturated heterocycles. The zero-order valence-electron chi connectivity index (χ0n) is 12.7. The summed E-state index contributed by atoms with van der Waals surface area (Å²) in [7, 11) is 3.52. The van der Waals surface area contributed by atoms with Crippen LogP contribution in [0, 0.1) is 0 Å². The number of nitrogens with zero attached hydrogens (tertiary/aromatic N) is 2. The summed E-state index contributed by atoms with van der Waals surface area (Å²) in [6, 6.07) is 7.57. The molecule has 1 aromatic heterocycles. The Morgan fingerprint density at radius 2 is 2.05 bits per heavy atom. The Kier molecular flexibility index (Phi) is 5.11. The SMILES string of the molecule is CC[C@H](COC)NC(=O)c1ccc(-c2cnn(C)c2)cc1. The molecule has 0 aliphatic rings. The number of rotatable bonds is 6. The third-order valence-electron chi connectivity index (χ3n) is 3.38. The van der Waals surface area contributed by atoms with Crippen molar-refractivity contribution < 1.29 is 9.53 Å². The highest BCUT2D eigenvalue weighted by molar-refractivity contribution is 5.94. The lowest BCUT2D eigenvalue weighted by Crippen LogP contribution is -2.37. The maximum atomic E-state index is 12.2. The summed E-state index contributed by atoms with van der Waals surface area (Å²) < 4.78 is 6.84. The molecular formula is C16H21N3O2. The summed E-state index contributed by atoms with van der Waals surface area (Å²) in [6.07, 6.45) is 4.59. The van der Waals surface area contributed by atoms with Crippen LogP contribution in [0.25, 0.3) is 11.1 Å². The van der Waals surface area contributed by atoms with Crippen molar-refractivity contribution in [3.63, 3.8) is 0 Å². The van der Waals surface area contributed by atoms with Gasteiger partial charge in [0.2, 0.25) is 0 Å². The highest BCUT2D eigenvalue weighted by Crippen LogP contribution is 2.18. The van der Waals surface area contributed by atoms with Crippen LogP contribution >= 0.6 is 0 Å². The van der Waals surface area contributed by atoms with Gasteiger partial charge >= 0.3 is 0 Å². The van der Waals surface area contributed by atoms with Gasteiger partial charge in [0, 0.05) is 31.5 Å². The van der Waals surface area contributed by atoms with E-state index >= 15 is 0 Å². The standard InChI is InChI=1S/C16H21N3O2/c1-4-15(11-21-3)18-16(20)13-7-5-12(6-8-13)14-9-17-19(2)10-14/h5-10,15H,4,11H2,1-3H3,(H,18,20)/t15-/m1/s1. The van der Waals surface area contributed by atoms with E-state index in [9.17, 15) is 4.79 Å². The smallest absolute Gasteiger partial charge is 0.251 e. The lowest BCUT2D eigenvalue weighted by atomic mass is 10.1. The molecule has 1 N–H and O–H groups in total. The fourth-order valence-electron chi connectivity index (χ4n) is 2.12. The molecule has 0 saturated carbocycles. The third-order valence-corrected chi connectivity index (χ3v) is 3.38. The monoisotopic (exact) mass is 287 g/mol. The minimum atomic E-state index is -0.0726. The van der Waals surface area contributed by atoms with Crippen LogP contribution in [0.5, 0.6) is 0 Å². The minimum Gasteiger partial charge on any atom is -0.383 e. The van der Waals surface area contributed by atoms with Crippen LogP contribution in [0.15, 0.2) is 36.7 Å². The summed E-state index contributed by atoms with van der Waals surface area (Å²) in [4.78, 5) is 12.2. The number of methoxy groups -OCH3 is 1. The Morgan fingerprint density at radius 1 is 1.33 bits per heavy atom. The number of benzene rings is 1. The predicted octanol–water partition coefficient (Wildman–Crippen LogP) is 2.24.